The van der Waals surface area contributed by atoms with Crippen molar-refractivity contribution >= 4 is 21.7 Å². The van der Waals surface area contributed by atoms with Crippen molar-refractivity contribution < 1.29 is 22.8 Å². The third-order valence-corrected chi connectivity index (χ3v) is 2.87. The van der Waals surface area contributed by atoms with Gasteiger partial charge in [-0.3, -0.25) is 14.4 Å². The maximum atomic E-state index is 11.4. The highest BCUT2D eigenvalue weighted by Crippen LogP contribution is 2.13. The standard InChI is InChI=1S/C7H12N2O5S/c1-15(12,13)3-2-9-7(11)5(4-14-9)6(8)10/h5H,2-4H2,1H3,(H2,8,10)/t5-/m1/s1. The fraction of sp³-hybridized carbons (Fsp3) is 0.714. The molecule has 1 atom stereocenters. The van der Waals surface area contributed by atoms with Gasteiger partial charge in [0, 0.05) is 6.26 Å². The monoisotopic (exact) mass is 236 g/mol. The number of carbonyl (C=O) groups excluding carboxylic acids is 2. The molecule has 1 rings (SSSR count). The van der Waals surface area contributed by atoms with E-state index in [9.17, 15) is 18.0 Å². The summed E-state index contributed by atoms with van der Waals surface area (Å²) in [5, 5.41) is 0.872. The minimum atomic E-state index is -3.16. The van der Waals surface area contributed by atoms with Crippen LogP contribution in [0, 0.1) is 5.92 Å². The lowest BCUT2D eigenvalue weighted by atomic mass is 10.1. The van der Waals surface area contributed by atoms with Gasteiger partial charge in [-0.05, 0) is 0 Å². The van der Waals surface area contributed by atoms with Gasteiger partial charge in [0.1, 0.15) is 15.8 Å². The minimum Gasteiger partial charge on any atom is -0.369 e. The number of nitrogens with zero attached hydrogens (tertiary/aromatic N) is 1. The molecular weight excluding hydrogens is 224 g/mol. The molecule has 1 aliphatic heterocycles. The predicted octanol–water partition coefficient (Wildman–Crippen LogP) is -2.09. The van der Waals surface area contributed by atoms with Gasteiger partial charge < -0.3 is 5.73 Å². The minimum absolute atomic E-state index is 0.0819. The lowest BCUT2D eigenvalue weighted by Gasteiger charge is -2.12. The van der Waals surface area contributed by atoms with Crippen molar-refractivity contribution in [2.75, 3.05) is 25.2 Å². The molecule has 0 aromatic rings. The summed E-state index contributed by atoms with van der Waals surface area (Å²) in [6, 6.07) is 0. The Bertz CT molecular complexity index is 377. The molecule has 86 valence electrons. The zero-order chi connectivity index (χ0) is 11.6. The van der Waals surface area contributed by atoms with Crippen molar-refractivity contribution in [2.24, 2.45) is 11.7 Å². The Hall–Kier alpha value is -1.15. The fourth-order valence-electron chi connectivity index (χ4n) is 1.10. The summed E-state index contributed by atoms with van der Waals surface area (Å²) < 4.78 is 21.6. The number of hydrogen-bond donors (Lipinski definition) is 1. The summed E-state index contributed by atoms with van der Waals surface area (Å²) in [4.78, 5) is 27.0. The number of rotatable bonds is 4. The first-order chi connectivity index (χ1) is 6.81. The third-order valence-electron chi connectivity index (χ3n) is 1.95. The number of amides is 2. The molecule has 1 fully saturated rings. The smallest absolute Gasteiger partial charge is 0.261 e. The van der Waals surface area contributed by atoms with Gasteiger partial charge in [-0.25, -0.2) is 13.5 Å². The molecule has 7 nitrogen and oxygen atoms in total. The molecule has 15 heavy (non-hydrogen) atoms. The largest absolute Gasteiger partial charge is 0.369 e. The molecule has 0 aromatic carbocycles. The Labute approximate surface area is 87.0 Å². The molecular formula is C7H12N2O5S. The summed E-state index contributed by atoms with van der Waals surface area (Å²) >= 11 is 0. The van der Waals surface area contributed by atoms with Crippen molar-refractivity contribution in [3.63, 3.8) is 0 Å². The number of primary amides is 1. The molecule has 1 heterocycles. The lowest BCUT2D eigenvalue weighted by Crippen LogP contribution is -2.35. The third kappa shape index (κ3) is 3.17. The summed E-state index contributed by atoms with van der Waals surface area (Å²) in [6.07, 6.45) is 1.05. The topological polar surface area (TPSA) is 107 Å². The van der Waals surface area contributed by atoms with Gasteiger partial charge in [-0.2, -0.15) is 0 Å². The molecule has 1 aliphatic rings. The van der Waals surface area contributed by atoms with Crippen molar-refractivity contribution in [3.05, 3.63) is 0 Å². The van der Waals surface area contributed by atoms with E-state index in [0.717, 1.165) is 11.3 Å². The van der Waals surface area contributed by atoms with Gasteiger partial charge in [-0.1, -0.05) is 0 Å². The molecule has 0 aliphatic carbocycles. The average Bonchev–Trinajstić information content (AvgIpc) is 2.42. The summed E-state index contributed by atoms with van der Waals surface area (Å²) in [7, 11) is -3.16. The SMILES string of the molecule is CS(=O)(=O)CCN1OC[C@H](C(N)=O)C1=O. The van der Waals surface area contributed by atoms with Crippen LogP contribution in [0.5, 0.6) is 0 Å². The highest BCUT2D eigenvalue weighted by Gasteiger charge is 2.37. The van der Waals surface area contributed by atoms with Crippen molar-refractivity contribution in [3.8, 4) is 0 Å². The molecule has 1 saturated heterocycles. The van der Waals surface area contributed by atoms with Gasteiger partial charge in [-0.15, -0.1) is 0 Å². The molecule has 0 aromatic heterocycles. The van der Waals surface area contributed by atoms with E-state index in [-0.39, 0.29) is 18.9 Å². The van der Waals surface area contributed by atoms with E-state index in [2.05, 4.69) is 0 Å². The second-order valence-electron chi connectivity index (χ2n) is 3.32. The highest BCUT2D eigenvalue weighted by atomic mass is 32.2. The van der Waals surface area contributed by atoms with Crippen LogP contribution in [0.15, 0.2) is 0 Å². The van der Waals surface area contributed by atoms with Crippen LogP contribution in [0.2, 0.25) is 0 Å². The van der Waals surface area contributed by atoms with Gasteiger partial charge >= 0.3 is 0 Å². The Kier molecular flexibility index (Phi) is 3.30. The average molecular weight is 236 g/mol. The van der Waals surface area contributed by atoms with Crippen LogP contribution in [0.3, 0.4) is 0 Å². The second-order valence-corrected chi connectivity index (χ2v) is 5.58. The predicted molar refractivity (Wildman–Crippen MR) is 50.1 cm³/mol. The Morgan fingerprint density at radius 3 is 2.67 bits per heavy atom. The quantitative estimate of drug-likeness (QED) is 0.563. The first kappa shape index (κ1) is 11.9. The molecule has 8 heteroatoms. The van der Waals surface area contributed by atoms with E-state index in [1.165, 1.54) is 0 Å². The van der Waals surface area contributed by atoms with Gasteiger partial charge in [0.15, 0.2) is 0 Å². The Morgan fingerprint density at radius 1 is 1.67 bits per heavy atom. The van der Waals surface area contributed by atoms with Gasteiger partial charge in [0.25, 0.3) is 5.91 Å². The van der Waals surface area contributed by atoms with Crippen LogP contribution in [0.1, 0.15) is 0 Å². The van der Waals surface area contributed by atoms with Crippen LogP contribution >= 0.6 is 0 Å². The normalized spacial score (nSPS) is 22.1. The van der Waals surface area contributed by atoms with Crippen molar-refractivity contribution in [1.29, 1.82) is 0 Å². The van der Waals surface area contributed by atoms with E-state index < -0.39 is 27.6 Å². The molecule has 0 unspecified atom stereocenters. The lowest BCUT2D eigenvalue weighted by molar-refractivity contribution is -0.160. The van der Waals surface area contributed by atoms with E-state index in [1.807, 2.05) is 0 Å². The molecule has 0 spiro atoms. The molecule has 0 radical (unpaired) electrons. The van der Waals surface area contributed by atoms with Gasteiger partial charge in [0.2, 0.25) is 5.91 Å². The van der Waals surface area contributed by atoms with E-state index in [0.29, 0.717) is 0 Å². The number of sulfone groups is 1. The second kappa shape index (κ2) is 4.15. The zero-order valence-corrected chi connectivity index (χ0v) is 8.99. The Balaban J connectivity index is 2.54. The van der Waals surface area contributed by atoms with Crippen molar-refractivity contribution in [2.45, 2.75) is 0 Å². The van der Waals surface area contributed by atoms with E-state index >= 15 is 0 Å². The number of nitrogens with two attached hydrogens (primary N) is 1. The van der Waals surface area contributed by atoms with Crippen LogP contribution < -0.4 is 5.73 Å². The van der Waals surface area contributed by atoms with Crippen LogP contribution in [-0.4, -0.2) is 50.5 Å². The van der Waals surface area contributed by atoms with Crippen molar-refractivity contribution in [1.82, 2.24) is 5.06 Å². The van der Waals surface area contributed by atoms with E-state index in [4.69, 9.17) is 10.6 Å². The Morgan fingerprint density at radius 2 is 2.27 bits per heavy atom. The maximum Gasteiger partial charge on any atom is 0.261 e. The van der Waals surface area contributed by atoms with Crippen LogP contribution in [0.25, 0.3) is 0 Å². The molecule has 2 amide bonds. The van der Waals surface area contributed by atoms with Gasteiger partial charge in [0.05, 0.1) is 18.9 Å². The summed E-state index contributed by atoms with van der Waals surface area (Å²) in [6.45, 7) is -0.195. The van der Waals surface area contributed by atoms with Crippen LogP contribution in [0.4, 0.5) is 0 Å². The number of carbonyl (C=O) groups is 2. The highest BCUT2D eigenvalue weighted by molar-refractivity contribution is 7.90. The summed E-state index contributed by atoms with van der Waals surface area (Å²) in [5.41, 5.74) is 4.95. The number of hydrogen-bond acceptors (Lipinski definition) is 5. The van der Waals surface area contributed by atoms with E-state index in [1.54, 1.807) is 0 Å². The molecule has 0 saturated carbocycles. The molecule has 2 N–H and O–H groups in total. The van der Waals surface area contributed by atoms with Crippen LogP contribution in [-0.2, 0) is 24.3 Å². The number of hydroxylamine groups is 2. The zero-order valence-electron chi connectivity index (χ0n) is 8.17. The molecule has 0 bridgehead atoms. The first-order valence-corrected chi connectivity index (χ1v) is 6.28. The maximum absolute atomic E-state index is 11.4. The summed E-state index contributed by atoms with van der Waals surface area (Å²) in [5.74, 6) is -2.54. The first-order valence-electron chi connectivity index (χ1n) is 4.22. The fourth-order valence-corrected chi connectivity index (χ4v) is 1.60.